The summed E-state index contributed by atoms with van der Waals surface area (Å²) < 4.78 is 17.1. The largest absolute Gasteiger partial charge is 0.496 e. The van der Waals surface area contributed by atoms with Gasteiger partial charge in [-0.2, -0.15) is 9.78 Å². The smallest absolute Gasteiger partial charge is 0.343 e. The zero-order chi connectivity index (χ0) is 27.4. The number of halogens is 1. The molecule has 0 radical (unpaired) electrons. The van der Waals surface area contributed by atoms with Gasteiger partial charge in [-0.15, -0.1) is 0 Å². The summed E-state index contributed by atoms with van der Waals surface area (Å²) in [6, 6.07) is 15.9. The Morgan fingerprint density at radius 1 is 1.11 bits per heavy atom. The molecule has 0 saturated carbocycles. The molecule has 3 aromatic carbocycles. The SMILES string of the molecule is COC(=O)COc1ccc(Cl)cc1C=Nn1c(-c2cc(C(C)C)c(OC)cc2C)nc2ccccc2c1=O. The summed E-state index contributed by atoms with van der Waals surface area (Å²) in [6.07, 6.45) is 1.46. The standard InChI is InChI=1S/C29H28ClN3O5/c1-17(2)22-14-23(18(3)12-26(22)36-4)28-32-24-9-7-6-8-21(24)29(35)33(28)31-15-19-13-20(30)10-11-25(19)38-16-27(34)37-5/h6-15,17H,16H2,1-5H3. The zero-order valence-corrected chi connectivity index (χ0v) is 22.6. The first-order valence-electron chi connectivity index (χ1n) is 12.0. The number of esters is 1. The van der Waals surface area contributed by atoms with Crippen molar-refractivity contribution in [3.63, 3.8) is 0 Å². The van der Waals surface area contributed by atoms with E-state index in [0.717, 1.165) is 22.4 Å². The number of carbonyl (C=O) groups excluding carboxylic acids is 1. The summed E-state index contributed by atoms with van der Waals surface area (Å²) in [6.45, 7) is 5.80. The van der Waals surface area contributed by atoms with Crippen LogP contribution < -0.4 is 15.0 Å². The van der Waals surface area contributed by atoms with Crippen LogP contribution in [0.4, 0.5) is 0 Å². The number of hydrogen-bond acceptors (Lipinski definition) is 7. The number of benzene rings is 3. The van der Waals surface area contributed by atoms with Gasteiger partial charge in [-0.3, -0.25) is 4.79 Å². The molecule has 4 rings (SSSR count). The average molecular weight is 534 g/mol. The first kappa shape index (κ1) is 26.9. The molecule has 0 N–H and O–H groups in total. The number of para-hydroxylation sites is 1. The fourth-order valence-corrected chi connectivity index (χ4v) is 4.22. The van der Waals surface area contributed by atoms with Crippen LogP contribution in [0.5, 0.6) is 11.5 Å². The van der Waals surface area contributed by atoms with Crippen LogP contribution in [-0.2, 0) is 9.53 Å². The molecule has 0 spiro atoms. The topological polar surface area (TPSA) is 92.0 Å². The van der Waals surface area contributed by atoms with Crippen molar-refractivity contribution in [2.24, 2.45) is 5.10 Å². The third-order valence-corrected chi connectivity index (χ3v) is 6.29. The molecule has 0 aliphatic rings. The highest BCUT2D eigenvalue weighted by molar-refractivity contribution is 6.30. The van der Waals surface area contributed by atoms with Crippen LogP contribution in [0.15, 0.2) is 64.5 Å². The van der Waals surface area contributed by atoms with Crippen molar-refractivity contribution in [3.05, 3.63) is 86.7 Å². The zero-order valence-electron chi connectivity index (χ0n) is 21.8. The lowest BCUT2D eigenvalue weighted by Gasteiger charge is -2.17. The number of nitrogens with zero attached hydrogens (tertiary/aromatic N) is 3. The second-order valence-corrected chi connectivity index (χ2v) is 9.36. The van der Waals surface area contributed by atoms with Crippen LogP contribution in [-0.4, -0.2) is 42.7 Å². The lowest BCUT2D eigenvalue weighted by atomic mass is 9.96. The third kappa shape index (κ3) is 5.55. The summed E-state index contributed by atoms with van der Waals surface area (Å²) in [5.74, 6) is 1.15. The lowest BCUT2D eigenvalue weighted by Crippen LogP contribution is -2.21. The van der Waals surface area contributed by atoms with Gasteiger partial charge in [-0.25, -0.2) is 9.78 Å². The maximum absolute atomic E-state index is 13.7. The maximum Gasteiger partial charge on any atom is 0.343 e. The Bertz CT molecular complexity index is 1590. The molecule has 9 heteroatoms. The van der Waals surface area contributed by atoms with Gasteiger partial charge in [-0.05, 0) is 66.4 Å². The molecule has 0 saturated heterocycles. The highest BCUT2D eigenvalue weighted by Crippen LogP contribution is 2.34. The second-order valence-electron chi connectivity index (χ2n) is 8.92. The molecule has 0 bridgehead atoms. The molecule has 1 aromatic heterocycles. The number of aryl methyl sites for hydroxylation is 1. The van der Waals surface area contributed by atoms with E-state index in [1.807, 2.05) is 25.1 Å². The minimum atomic E-state index is -0.531. The Balaban J connectivity index is 1.92. The van der Waals surface area contributed by atoms with E-state index in [-0.39, 0.29) is 18.1 Å². The monoisotopic (exact) mass is 533 g/mol. The minimum absolute atomic E-state index is 0.175. The van der Waals surface area contributed by atoms with Crippen molar-refractivity contribution in [1.82, 2.24) is 9.66 Å². The Kier molecular flexibility index (Phi) is 8.12. The molecule has 196 valence electrons. The van der Waals surface area contributed by atoms with Crippen molar-refractivity contribution < 1.29 is 19.0 Å². The molecule has 4 aromatic rings. The fourth-order valence-electron chi connectivity index (χ4n) is 4.04. The van der Waals surface area contributed by atoms with E-state index in [9.17, 15) is 9.59 Å². The van der Waals surface area contributed by atoms with Crippen LogP contribution in [0, 0.1) is 6.92 Å². The van der Waals surface area contributed by atoms with Crippen molar-refractivity contribution in [2.75, 3.05) is 20.8 Å². The van der Waals surface area contributed by atoms with Crippen LogP contribution in [0.3, 0.4) is 0 Å². The van der Waals surface area contributed by atoms with Crippen LogP contribution in [0.25, 0.3) is 22.3 Å². The molecule has 38 heavy (non-hydrogen) atoms. The van der Waals surface area contributed by atoms with Gasteiger partial charge in [0.15, 0.2) is 12.4 Å². The number of fused-ring (bicyclic) bond motifs is 1. The van der Waals surface area contributed by atoms with Gasteiger partial charge in [0.2, 0.25) is 0 Å². The Hall–Kier alpha value is -4.17. The van der Waals surface area contributed by atoms with E-state index in [1.54, 1.807) is 43.5 Å². The van der Waals surface area contributed by atoms with Gasteiger partial charge in [0.25, 0.3) is 5.56 Å². The van der Waals surface area contributed by atoms with Gasteiger partial charge < -0.3 is 14.2 Å². The predicted octanol–water partition coefficient (Wildman–Crippen LogP) is 5.59. The lowest BCUT2D eigenvalue weighted by molar-refractivity contribution is -0.142. The summed E-state index contributed by atoms with van der Waals surface area (Å²) in [7, 11) is 2.92. The summed E-state index contributed by atoms with van der Waals surface area (Å²) in [5.41, 5.74) is 3.32. The van der Waals surface area contributed by atoms with Crippen LogP contribution in [0.2, 0.25) is 5.02 Å². The molecule has 0 fully saturated rings. The van der Waals surface area contributed by atoms with Crippen molar-refractivity contribution >= 4 is 34.7 Å². The van der Waals surface area contributed by atoms with E-state index in [0.29, 0.717) is 33.1 Å². The van der Waals surface area contributed by atoms with E-state index in [1.165, 1.54) is 18.0 Å². The molecule has 0 unspecified atom stereocenters. The molecule has 0 aliphatic carbocycles. The van der Waals surface area contributed by atoms with Gasteiger partial charge in [0, 0.05) is 16.1 Å². The van der Waals surface area contributed by atoms with Crippen LogP contribution in [0.1, 0.15) is 36.5 Å². The highest BCUT2D eigenvalue weighted by atomic mass is 35.5. The van der Waals surface area contributed by atoms with Crippen molar-refractivity contribution in [2.45, 2.75) is 26.7 Å². The number of carbonyl (C=O) groups is 1. The third-order valence-electron chi connectivity index (χ3n) is 6.05. The second kappa shape index (κ2) is 11.5. The van der Waals surface area contributed by atoms with Gasteiger partial charge in [0.05, 0.1) is 31.3 Å². The molecule has 8 nitrogen and oxygen atoms in total. The van der Waals surface area contributed by atoms with Crippen LogP contribution >= 0.6 is 11.6 Å². The predicted molar refractivity (Wildman–Crippen MR) is 149 cm³/mol. The molecule has 0 aliphatic heterocycles. The van der Waals surface area contributed by atoms with Gasteiger partial charge >= 0.3 is 5.97 Å². The number of aromatic nitrogens is 2. The molecule has 1 heterocycles. The first-order chi connectivity index (χ1) is 18.2. The summed E-state index contributed by atoms with van der Waals surface area (Å²) in [5, 5.41) is 5.41. The van der Waals surface area contributed by atoms with E-state index >= 15 is 0 Å². The molecular weight excluding hydrogens is 506 g/mol. The average Bonchev–Trinajstić information content (AvgIpc) is 2.91. The van der Waals surface area contributed by atoms with E-state index in [2.05, 4.69) is 23.7 Å². The highest BCUT2D eigenvalue weighted by Gasteiger charge is 2.18. The Morgan fingerprint density at radius 3 is 2.58 bits per heavy atom. The number of rotatable bonds is 8. The van der Waals surface area contributed by atoms with Gasteiger partial charge in [-0.1, -0.05) is 37.6 Å². The number of ether oxygens (including phenoxy) is 3. The van der Waals surface area contributed by atoms with Gasteiger partial charge in [0.1, 0.15) is 11.5 Å². The molecule has 0 atom stereocenters. The summed E-state index contributed by atoms with van der Waals surface area (Å²) >= 11 is 6.22. The number of hydrogen-bond donors (Lipinski definition) is 0. The maximum atomic E-state index is 13.7. The Labute approximate surface area is 225 Å². The minimum Gasteiger partial charge on any atom is -0.496 e. The summed E-state index contributed by atoms with van der Waals surface area (Å²) in [4.78, 5) is 30.1. The van der Waals surface area contributed by atoms with Crippen molar-refractivity contribution in [1.29, 1.82) is 0 Å². The van der Waals surface area contributed by atoms with E-state index in [4.69, 9.17) is 26.1 Å². The number of methoxy groups -OCH3 is 2. The first-order valence-corrected chi connectivity index (χ1v) is 12.4. The van der Waals surface area contributed by atoms with E-state index < -0.39 is 5.97 Å². The quantitative estimate of drug-likeness (QED) is 0.216. The van der Waals surface area contributed by atoms with Crippen molar-refractivity contribution in [3.8, 4) is 22.9 Å². The normalized spacial score (nSPS) is 11.3. The molecule has 0 amide bonds. The molecular formula is C29H28ClN3O5. The fraction of sp³-hybridized carbons (Fsp3) is 0.241. The Morgan fingerprint density at radius 2 is 1.87 bits per heavy atom.